The lowest BCUT2D eigenvalue weighted by molar-refractivity contribution is -0.126. The summed E-state index contributed by atoms with van der Waals surface area (Å²) in [6, 6.07) is 0. The zero-order valence-electron chi connectivity index (χ0n) is 14.6. The normalized spacial score (nSPS) is 23.0. The SMILES string of the molecule is CCn1cnc(S(=O)(=O)N2CCC(C(=O)NCC3CCCO3)CC2)c1. The van der Waals surface area contributed by atoms with E-state index < -0.39 is 10.0 Å². The van der Waals surface area contributed by atoms with Gasteiger partial charge >= 0.3 is 0 Å². The van der Waals surface area contributed by atoms with E-state index >= 15 is 0 Å². The van der Waals surface area contributed by atoms with Crippen molar-refractivity contribution in [2.75, 3.05) is 26.2 Å². The molecule has 0 spiro atoms. The maximum absolute atomic E-state index is 12.6. The van der Waals surface area contributed by atoms with Crippen molar-refractivity contribution in [3.8, 4) is 0 Å². The predicted octanol–water partition coefficient (Wildman–Crippen LogP) is 0.599. The number of aromatic nitrogens is 2. The highest BCUT2D eigenvalue weighted by Gasteiger charge is 2.33. The van der Waals surface area contributed by atoms with Gasteiger partial charge in [0, 0.05) is 44.9 Å². The number of nitrogens with one attached hydrogen (secondary N) is 1. The number of aryl methyl sites for hydroxylation is 1. The summed E-state index contributed by atoms with van der Waals surface area (Å²) in [5, 5.41) is 3.02. The number of carbonyl (C=O) groups is 1. The molecule has 25 heavy (non-hydrogen) atoms. The minimum atomic E-state index is -3.58. The van der Waals surface area contributed by atoms with E-state index in [1.807, 2.05) is 6.92 Å². The number of carbonyl (C=O) groups excluding carboxylic acids is 1. The molecule has 1 aromatic rings. The van der Waals surface area contributed by atoms with Gasteiger partial charge in [-0.15, -0.1) is 0 Å². The molecule has 2 aliphatic heterocycles. The first-order chi connectivity index (χ1) is 12.0. The van der Waals surface area contributed by atoms with Crippen LogP contribution in [0.1, 0.15) is 32.6 Å². The van der Waals surface area contributed by atoms with Gasteiger partial charge in [0.05, 0.1) is 12.4 Å². The average Bonchev–Trinajstić information content (AvgIpc) is 3.31. The fourth-order valence-corrected chi connectivity index (χ4v) is 4.71. The van der Waals surface area contributed by atoms with Gasteiger partial charge in [-0.2, -0.15) is 4.31 Å². The number of sulfonamides is 1. The third-order valence-corrected chi connectivity index (χ3v) is 6.72. The Bertz CT molecular complexity index is 689. The predicted molar refractivity (Wildman–Crippen MR) is 91.4 cm³/mol. The van der Waals surface area contributed by atoms with Crippen molar-refractivity contribution in [3.05, 3.63) is 12.5 Å². The molecule has 1 amide bonds. The molecule has 1 atom stereocenters. The standard InChI is InChI=1S/C16H26N4O4S/c1-2-19-11-15(18-12-19)25(22,23)20-7-5-13(6-8-20)16(21)17-10-14-4-3-9-24-14/h11-14H,2-10H2,1H3,(H,17,21). The molecule has 0 aliphatic carbocycles. The molecule has 9 heteroatoms. The van der Waals surface area contributed by atoms with Crippen LogP contribution in [0.4, 0.5) is 0 Å². The smallest absolute Gasteiger partial charge is 0.262 e. The molecule has 1 unspecified atom stereocenters. The van der Waals surface area contributed by atoms with E-state index in [1.165, 1.54) is 10.6 Å². The molecule has 2 saturated heterocycles. The number of hydrogen-bond donors (Lipinski definition) is 1. The average molecular weight is 370 g/mol. The fourth-order valence-electron chi connectivity index (χ4n) is 3.30. The van der Waals surface area contributed by atoms with E-state index in [9.17, 15) is 13.2 Å². The molecule has 3 rings (SSSR count). The summed E-state index contributed by atoms with van der Waals surface area (Å²) >= 11 is 0. The zero-order valence-corrected chi connectivity index (χ0v) is 15.4. The van der Waals surface area contributed by atoms with Gasteiger partial charge in [-0.1, -0.05) is 0 Å². The summed E-state index contributed by atoms with van der Waals surface area (Å²) < 4.78 is 33.9. The van der Waals surface area contributed by atoms with Crippen molar-refractivity contribution in [3.63, 3.8) is 0 Å². The lowest BCUT2D eigenvalue weighted by atomic mass is 9.97. The molecule has 1 aromatic heterocycles. The Morgan fingerprint density at radius 2 is 2.12 bits per heavy atom. The summed E-state index contributed by atoms with van der Waals surface area (Å²) in [6.07, 6.45) is 6.30. The summed E-state index contributed by atoms with van der Waals surface area (Å²) in [6.45, 7) is 4.61. The van der Waals surface area contributed by atoms with E-state index in [1.54, 1.807) is 10.8 Å². The number of nitrogens with zero attached hydrogens (tertiary/aromatic N) is 3. The fraction of sp³-hybridized carbons (Fsp3) is 0.750. The monoisotopic (exact) mass is 370 g/mol. The lowest BCUT2D eigenvalue weighted by Crippen LogP contribution is -2.44. The highest BCUT2D eigenvalue weighted by molar-refractivity contribution is 7.89. The van der Waals surface area contributed by atoms with Crippen molar-refractivity contribution >= 4 is 15.9 Å². The first-order valence-corrected chi connectivity index (χ1v) is 10.4. The van der Waals surface area contributed by atoms with Gasteiger partial charge in [0.2, 0.25) is 5.91 Å². The van der Waals surface area contributed by atoms with E-state index in [-0.39, 0.29) is 23.0 Å². The topological polar surface area (TPSA) is 93.5 Å². The second-order valence-electron chi connectivity index (χ2n) is 6.60. The van der Waals surface area contributed by atoms with E-state index in [4.69, 9.17) is 4.74 Å². The lowest BCUT2D eigenvalue weighted by Gasteiger charge is -2.30. The minimum absolute atomic E-state index is 0.00260. The van der Waals surface area contributed by atoms with Crippen molar-refractivity contribution in [1.82, 2.24) is 19.2 Å². The van der Waals surface area contributed by atoms with Crippen LogP contribution in [-0.4, -0.2) is 60.5 Å². The number of imidazole rings is 1. The maximum atomic E-state index is 12.6. The van der Waals surface area contributed by atoms with Gasteiger partial charge < -0.3 is 14.6 Å². The number of hydrogen-bond acceptors (Lipinski definition) is 5. The molecule has 0 aromatic carbocycles. The Morgan fingerprint density at radius 1 is 1.36 bits per heavy atom. The number of ether oxygens (including phenoxy) is 1. The van der Waals surface area contributed by atoms with Crippen molar-refractivity contribution < 1.29 is 17.9 Å². The first-order valence-electron chi connectivity index (χ1n) is 8.92. The molecule has 2 fully saturated rings. The Balaban J connectivity index is 1.51. The second kappa shape index (κ2) is 7.84. The number of piperidine rings is 1. The third kappa shape index (κ3) is 4.21. The Morgan fingerprint density at radius 3 is 2.72 bits per heavy atom. The highest BCUT2D eigenvalue weighted by atomic mass is 32.2. The van der Waals surface area contributed by atoms with Gasteiger partial charge in [0.15, 0.2) is 5.03 Å². The summed E-state index contributed by atoms with van der Waals surface area (Å²) in [7, 11) is -3.58. The Hall–Kier alpha value is -1.45. The highest BCUT2D eigenvalue weighted by Crippen LogP contribution is 2.23. The molecule has 2 aliphatic rings. The van der Waals surface area contributed by atoms with Gasteiger partial charge in [0.25, 0.3) is 10.0 Å². The van der Waals surface area contributed by atoms with Crippen LogP contribution in [0.5, 0.6) is 0 Å². The van der Waals surface area contributed by atoms with E-state index in [0.29, 0.717) is 39.0 Å². The second-order valence-corrected chi connectivity index (χ2v) is 8.49. The van der Waals surface area contributed by atoms with Crippen molar-refractivity contribution in [2.45, 2.75) is 50.3 Å². The number of rotatable bonds is 6. The van der Waals surface area contributed by atoms with E-state index in [2.05, 4.69) is 10.3 Å². The van der Waals surface area contributed by atoms with Crippen molar-refractivity contribution in [1.29, 1.82) is 0 Å². The summed E-state index contributed by atoms with van der Waals surface area (Å²) in [4.78, 5) is 16.3. The van der Waals surface area contributed by atoms with E-state index in [0.717, 1.165) is 19.4 Å². The first kappa shape index (κ1) is 18.3. The van der Waals surface area contributed by atoms with Gasteiger partial charge in [0.1, 0.15) is 0 Å². The minimum Gasteiger partial charge on any atom is -0.376 e. The molecule has 0 bridgehead atoms. The Labute approximate surface area is 148 Å². The molecule has 140 valence electrons. The van der Waals surface area contributed by atoms with Crippen LogP contribution in [0.3, 0.4) is 0 Å². The van der Waals surface area contributed by atoms with Crippen LogP contribution >= 0.6 is 0 Å². The van der Waals surface area contributed by atoms with Crippen LogP contribution in [0.2, 0.25) is 0 Å². The van der Waals surface area contributed by atoms with Crippen LogP contribution in [0, 0.1) is 5.92 Å². The molecular formula is C16H26N4O4S. The number of amides is 1. The molecule has 0 saturated carbocycles. The molecular weight excluding hydrogens is 344 g/mol. The van der Waals surface area contributed by atoms with Gasteiger partial charge in [-0.3, -0.25) is 4.79 Å². The molecule has 8 nitrogen and oxygen atoms in total. The van der Waals surface area contributed by atoms with Crippen LogP contribution in [0.15, 0.2) is 17.6 Å². The van der Waals surface area contributed by atoms with Gasteiger partial charge in [-0.05, 0) is 32.6 Å². The molecule has 3 heterocycles. The van der Waals surface area contributed by atoms with Crippen molar-refractivity contribution in [2.24, 2.45) is 5.92 Å². The Kier molecular flexibility index (Phi) is 5.75. The maximum Gasteiger partial charge on any atom is 0.262 e. The quantitative estimate of drug-likeness (QED) is 0.791. The van der Waals surface area contributed by atoms with Crippen LogP contribution in [0.25, 0.3) is 0 Å². The largest absolute Gasteiger partial charge is 0.376 e. The zero-order chi connectivity index (χ0) is 17.9. The van der Waals surface area contributed by atoms with Gasteiger partial charge in [-0.25, -0.2) is 13.4 Å². The molecule has 1 N–H and O–H groups in total. The van der Waals surface area contributed by atoms with Crippen LogP contribution < -0.4 is 5.32 Å². The third-order valence-electron chi connectivity index (χ3n) is 4.93. The summed E-state index contributed by atoms with van der Waals surface area (Å²) in [5.41, 5.74) is 0. The molecule has 0 radical (unpaired) electrons. The summed E-state index contributed by atoms with van der Waals surface area (Å²) in [5.74, 6) is -0.135. The van der Waals surface area contributed by atoms with Crippen LogP contribution in [-0.2, 0) is 26.1 Å².